The molecule has 18 heavy (non-hydrogen) atoms. The average Bonchev–Trinajstić information content (AvgIpc) is 2.87. The maximum Gasteiger partial charge on any atom is 0.148 e. The highest BCUT2D eigenvalue weighted by Gasteiger charge is 2.09. The topological polar surface area (TPSA) is 56.3 Å². The minimum atomic E-state index is 0.721. The lowest BCUT2D eigenvalue weighted by molar-refractivity contribution is 0.394. The molecule has 0 atom stereocenters. The van der Waals surface area contributed by atoms with Crippen LogP contribution in [0.25, 0.3) is 10.6 Å². The molecule has 0 amide bonds. The van der Waals surface area contributed by atoms with E-state index in [0.717, 1.165) is 33.6 Å². The Labute approximate surface area is 110 Å². The zero-order valence-corrected chi connectivity index (χ0v) is 11.4. The van der Waals surface area contributed by atoms with Gasteiger partial charge < -0.3 is 14.8 Å². The van der Waals surface area contributed by atoms with Crippen molar-refractivity contribution in [3.05, 3.63) is 23.2 Å². The predicted octanol–water partition coefficient (Wildman–Crippen LogP) is 1.94. The fourth-order valence-corrected chi connectivity index (χ4v) is 2.36. The van der Waals surface area contributed by atoms with Gasteiger partial charge in [-0.2, -0.15) is 0 Å². The van der Waals surface area contributed by atoms with Crippen molar-refractivity contribution in [2.45, 2.75) is 6.54 Å². The molecule has 1 heterocycles. The first-order chi connectivity index (χ1) is 8.76. The molecule has 1 aromatic carbocycles. The Hall–Kier alpha value is -1.66. The highest BCUT2D eigenvalue weighted by Crippen LogP contribution is 2.31. The lowest BCUT2D eigenvalue weighted by atomic mass is 10.2. The van der Waals surface area contributed by atoms with Gasteiger partial charge in [-0.1, -0.05) is 11.3 Å². The number of hydrogen-bond donors (Lipinski definition) is 1. The highest BCUT2D eigenvalue weighted by molar-refractivity contribution is 7.14. The monoisotopic (exact) mass is 265 g/mol. The molecule has 0 aliphatic rings. The van der Waals surface area contributed by atoms with Gasteiger partial charge in [0.25, 0.3) is 0 Å². The van der Waals surface area contributed by atoms with Crippen molar-refractivity contribution in [2.24, 2.45) is 0 Å². The number of nitrogens with one attached hydrogen (secondary N) is 1. The van der Waals surface area contributed by atoms with Gasteiger partial charge in [-0.05, 0) is 19.2 Å². The number of methoxy groups -OCH3 is 2. The number of hydrogen-bond acceptors (Lipinski definition) is 6. The molecular formula is C12H15N3O2S. The lowest BCUT2D eigenvalue weighted by Gasteiger charge is -2.06. The molecule has 1 N–H and O–H groups in total. The Morgan fingerprint density at radius 3 is 2.33 bits per heavy atom. The van der Waals surface area contributed by atoms with E-state index in [9.17, 15) is 0 Å². The van der Waals surface area contributed by atoms with E-state index in [1.54, 1.807) is 25.6 Å². The Bertz CT molecular complexity index is 506. The van der Waals surface area contributed by atoms with Crippen LogP contribution in [0.3, 0.4) is 0 Å². The summed E-state index contributed by atoms with van der Waals surface area (Å²) in [5, 5.41) is 13.2. The van der Waals surface area contributed by atoms with Crippen LogP contribution in [-0.2, 0) is 6.54 Å². The summed E-state index contributed by atoms with van der Waals surface area (Å²) in [5.74, 6) is 1.49. The second-order valence-electron chi connectivity index (χ2n) is 3.63. The van der Waals surface area contributed by atoms with Crippen molar-refractivity contribution in [2.75, 3.05) is 21.3 Å². The first-order valence-electron chi connectivity index (χ1n) is 5.47. The number of nitrogens with zero attached hydrogens (tertiary/aromatic N) is 2. The summed E-state index contributed by atoms with van der Waals surface area (Å²) < 4.78 is 10.5. The summed E-state index contributed by atoms with van der Waals surface area (Å²) >= 11 is 1.55. The zero-order valence-electron chi connectivity index (χ0n) is 10.6. The Kier molecular flexibility index (Phi) is 4.11. The molecule has 2 rings (SSSR count). The Morgan fingerprint density at radius 1 is 1.11 bits per heavy atom. The second-order valence-corrected chi connectivity index (χ2v) is 4.69. The van der Waals surface area contributed by atoms with Crippen LogP contribution < -0.4 is 14.8 Å². The van der Waals surface area contributed by atoms with Crippen LogP contribution in [-0.4, -0.2) is 31.5 Å². The maximum atomic E-state index is 5.24. The van der Waals surface area contributed by atoms with E-state index in [1.807, 2.05) is 25.2 Å². The quantitative estimate of drug-likeness (QED) is 0.895. The highest BCUT2D eigenvalue weighted by atomic mass is 32.1. The largest absolute Gasteiger partial charge is 0.497 e. The minimum Gasteiger partial charge on any atom is -0.497 e. The van der Waals surface area contributed by atoms with E-state index in [2.05, 4.69) is 15.5 Å². The molecule has 6 heteroatoms. The minimum absolute atomic E-state index is 0.721. The standard InChI is InChI=1S/C12H15N3O2S/c1-13-7-11-14-15-12(18-11)8-4-9(16-2)6-10(5-8)17-3/h4-6,13H,7H2,1-3H3. The molecule has 0 saturated carbocycles. The molecule has 0 bridgehead atoms. The molecule has 0 saturated heterocycles. The van der Waals surface area contributed by atoms with Gasteiger partial charge >= 0.3 is 0 Å². The Balaban J connectivity index is 2.35. The van der Waals surface area contributed by atoms with Crippen LogP contribution in [0.15, 0.2) is 18.2 Å². The van der Waals surface area contributed by atoms with Crippen LogP contribution in [0.1, 0.15) is 5.01 Å². The molecule has 0 unspecified atom stereocenters. The fourth-order valence-electron chi connectivity index (χ4n) is 1.52. The third-order valence-electron chi connectivity index (χ3n) is 2.39. The SMILES string of the molecule is CNCc1nnc(-c2cc(OC)cc(OC)c2)s1. The van der Waals surface area contributed by atoms with Crippen LogP contribution in [0.5, 0.6) is 11.5 Å². The molecule has 0 spiro atoms. The number of ether oxygens (including phenoxy) is 2. The summed E-state index contributed by atoms with van der Waals surface area (Å²) in [6.07, 6.45) is 0. The van der Waals surface area contributed by atoms with Gasteiger partial charge in [-0.3, -0.25) is 0 Å². The third-order valence-corrected chi connectivity index (χ3v) is 3.37. The lowest BCUT2D eigenvalue weighted by Crippen LogP contribution is -2.04. The van der Waals surface area contributed by atoms with Crippen LogP contribution in [0.4, 0.5) is 0 Å². The van der Waals surface area contributed by atoms with Gasteiger partial charge in [0.1, 0.15) is 21.5 Å². The third kappa shape index (κ3) is 2.77. The van der Waals surface area contributed by atoms with Crippen LogP contribution >= 0.6 is 11.3 Å². The van der Waals surface area contributed by atoms with Gasteiger partial charge in [0, 0.05) is 18.2 Å². The molecular weight excluding hydrogens is 250 g/mol. The molecule has 0 radical (unpaired) electrons. The first kappa shape index (κ1) is 12.8. The molecule has 96 valence electrons. The van der Waals surface area contributed by atoms with Crippen molar-refractivity contribution in [3.8, 4) is 22.1 Å². The van der Waals surface area contributed by atoms with E-state index in [1.165, 1.54) is 0 Å². The number of rotatable bonds is 5. The van der Waals surface area contributed by atoms with Crippen molar-refractivity contribution in [1.82, 2.24) is 15.5 Å². The van der Waals surface area contributed by atoms with Crippen molar-refractivity contribution in [1.29, 1.82) is 0 Å². The molecule has 5 nitrogen and oxygen atoms in total. The molecule has 0 aliphatic heterocycles. The predicted molar refractivity (Wildman–Crippen MR) is 71.2 cm³/mol. The first-order valence-corrected chi connectivity index (χ1v) is 6.29. The molecule has 0 fully saturated rings. The fraction of sp³-hybridized carbons (Fsp3) is 0.333. The second kappa shape index (κ2) is 5.79. The van der Waals surface area contributed by atoms with Gasteiger partial charge in [-0.25, -0.2) is 0 Å². The average molecular weight is 265 g/mol. The van der Waals surface area contributed by atoms with E-state index >= 15 is 0 Å². The maximum absolute atomic E-state index is 5.24. The summed E-state index contributed by atoms with van der Waals surface area (Å²) in [5.41, 5.74) is 0.950. The summed E-state index contributed by atoms with van der Waals surface area (Å²) in [4.78, 5) is 0. The van der Waals surface area contributed by atoms with Crippen LogP contribution in [0.2, 0.25) is 0 Å². The molecule has 0 aliphatic carbocycles. The van der Waals surface area contributed by atoms with Crippen molar-refractivity contribution in [3.63, 3.8) is 0 Å². The van der Waals surface area contributed by atoms with E-state index in [4.69, 9.17) is 9.47 Å². The van der Waals surface area contributed by atoms with Gasteiger partial charge in [0.05, 0.1) is 14.2 Å². The normalized spacial score (nSPS) is 10.4. The smallest absolute Gasteiger partial charge is 0.148 e. The Morgan fingerprint density at radius 2 is 1.78 bits per heavy atom. The zero-order chi connectivity index (χ0) is 13.0. The van der Waals surface area contributed by atoms with Crippen LogP contribution in [0, 0.1) is 0 Å². The van der Waals surface area contributed by atoms with Gasteiger partial charge in [0.2, 0.25) is 0 Å². The van der Waals surface area contributed by atoms with Gasteiger partial charge in [0.15, 0.2) is 0 Å². The number of aromatic nitrogens is 2. The van der Waals surface area contributed by atoms with Crippen molar-refractivity contribution >= 4 is 11.3 Å². The van der Waals surface area contributed by atoms with Crippen molar-refractivity contribution < 1.29 is 9.47 Å². The molecule has 2 aromatic rings. The summed E-state index contributed by atoms with van der Waals surface area (Å²) in [7, 11) is 5.14. The van der Waals surface area contributed by atoms with E-state index in [0.29, 0.717) is 0 Å². The van der Waals surface area contributed by atoms with Gasteiger partial charge in [-0.15, -0.1) is 10.2 Å². The summed E-state index contributed by atoms with van der Waals surface area (Å²) in [6, 6.07) is 5.68. The molecule has 1 aromatic heterocycles. The van der Waals surface area contributed by atoms with E-state index < -0.39 is 0 Å². The van der Waals surface area contributed by atoms with E-state index in [-0.39, 0.29) is 0 Å². The summed E-state index contributed by atoms with van der Waals surface area (Å²) in [6.45, 7) is 0.721. The number of benzene rings is 1.